The van der Waals surface area contributed by atoms with E-state index < -0.39 is 0 Å². The van der Waals surface area contributed by atoms with E-state index in [1.807, 2.05) is 0 Å². The fourth-order valence-electron chi connectivity index (χ4n) is 3.09. The molecule has 1 aliphatic heterocycles. The first kappa shape index (κ1) is 13.2. The van der Waals surface area contributed by atoms with Gasteiger partial charge in [-0.15, -0.1) is 0 Å². The summed E-state index contributed by atoms with van der Waals surface area (Å²) in [5.41, 5.74) is 4.24. The van der Waals surface area contributed by atoms with Gasteiger partial charge in [0.05, 0.1) is 7.11 Å². The summed E-state index contributed by atoms with van der Waals surface area (Å²) in [5.74, 6) is 1.44. The number of nitrogens with zero attached hydrogens (tertiary/aromatic N) is 1. The number of rotatable bonds is 2. The summed E-state index contributed by atoms with van der Waals surface area (Å²) >= 11 is 0. The Morgan fingerprint density at radius 2 is 1.90 bits per heavy atom. The van der Waals surface area contributed by atoms with Gasteiger partial charge in [-0.05, 0) is 48.8 Å². The average Bonchev–Trinajstić information content (AvgIpc) is 2.65. The molecule has 0 N–H and O–H groups in total. The van der Waals surface area contributed by atoms with Crippen LogP contribution in [0, 0.1) is 0 Å². The van der Waals surface area contributed by atoms with Crippen LogP contribution in [0.3, 0.4) is 0 Å². The van der Waals surface area contributed by atoms with Crippen LogP contribution in [0.15, 0.2) is 48.5 Å². The molecule has 0 unspecified atom stereocenters. The highest BCUT2D eigenvalue weighted by Gasteiger charge is 2.22. The minimum Gasteiger partial charge on any atom is -0.497 e. The van der Waals surface area contributed by atoms with E-state index >= 15 is 0 Å². The molecule has 20 heavy (non-hydrogen) atoms. The Morgan fingerprint density at radius 3 is 2.65 bits per heavy atom. The zero-order chi connectivity index (χ0) is 13.9. The smallest absolute Gasteiger partial charge is 0.119 e. The van der Waals surface area contributed by atoms with Crippen molar-refractivity contribution in [1.29, 1.82) is 0 Å². The summed E-state index contributed by atoms with van der Waals surface area (Å²) in [7, 11) is 3.92. The Morgan fingerprint density at radius 1 is 1.10 bits per heavy atom. The van der Waals surface area contributed by atoms with Crippen LogP contribution in [0.25, 0.3) is 0 Å². The summed E-state index contributed by atoms with van der Waals surface area (Å²) in [6, 6.07) is 17.3. The largest absolute Gasteiger partial charge is 0.497 e. The van der Waals surface area contributed by atoms with Crippen molar-refractivity contribution in [3.8, 4) is 5.75 Å². The molecule has 0 fully saturated rings. The molecule has 0 saturated carbocycles. The van der Waals surface area contributed by atoms with Crippen LogP contribution in [0.1, 0.15) is 29.0 Å². The Kier molecular flexibility index (Phi) is 3.75. The van der Waals surface area contributed by atoms with Crippen LogP contribution in [0.5, 0.6) is 5.75 Å². The first-order valence-electron chi connectivity index (χ1n) is 7.18. The Hall–Kier alpha value is -1.80. The van der Waals surface area contributed by atoms with Crippen molar-refractivity contribution in [1.82, 2.24) is 4.90 Å². The van der Waals surface area contributed by atoms with Crippen molar-refractivity contribution in [2.45, 2.75) is 18.9 Å². The molecule has 2 nitrogen and oxygen atoms in total. The van der Waals surface area contributed by atoms with Gasteiger partial charge in [0, 0.05) is 12.5 Å². The third-order valence-corrected chi connectivity index (χ3v) is 4.17. The third kappa shape index (κ3) is 2.56. The van der Waals surface area contributed by atoms with Gasteiger partial charge in [0.15, 0.2) is 0 Å². The van der Waals surface area contributed by atoms with Gasteiger partial charge in [0.1, 0.15) is 5.75 Å². The summed E-state index contributed by atoms with van der Waals surface area (Å²) in [5, 5.41) is 0. The molecule has 1 aliphatic rings. The van der Waals surface area contributed by atoms with Crippen molar-refractivity contribution < 1.29 is 4.74 Å². The maximum atomic E-state index is 5.38. The fourth-order valence-corrected chi connectivity index (χ4v) is 3.09. The van der Waals surface area contributed by atoms with Gasteiger partial charge in [-0.3, -0.25) is 0 Å². The van der Waals surface area contributed by atoms with E-state index in [4.69, 9.17) is 4.74 Å². The van der Waals surface area contributed by atoms with Gasteiger partial charge in [0.25, 0.3) is 0 Å². The zero-order valence-electron chi connectivity index (χ0n) is 12.2. The van der Waals surface area contributed by atoms with E-state index in [-0.39, 0.29) is 0 Å². The normalized spacial score (nSPS) is 19.2. The summed E-state index contributed by atoms with van der Waals surface area (Å²) in [6.07, 6.45) is 1.17. The van der Waals surface area contributed by atoms with Crippen LogP contribution in [-0.2, 0) is 6.54 Å². The highest BCUT2D eigenvalue weighted by molar-refractivity contribution is 5.43. The Labute approximate surface area is 121 Å². The summed E-state index contributed by atoms with van der Waals surface area (Å²) < 4.78 is 5.38. The Bertz CT molecular complexity index is 579. The molecule has 0 amide bonds. The van der Waals surface area contributed by atoms with Crippen molar-refractivity contribution in [2.24, 2.45) is 0 Å². The van der Waals surface area contributed by atoms with Crippen molar-refractivity contribution in [3.05, 3.63) is 65.2 Å². The monoisotopic (exact) mass is 267 g/mol. The molecule has 0 aliphatic carbocycles. The Balaban J connectivity index is 2.06. The first-order valence-corrected chi connectivity index (χ1v) is 7.18. The topological polar surface area (TPSA) is 12.5 Å². The summed E-state index contributed by atoms with van der Waals surface area (Å²) in [4.78, 5) is 2.39. The molecule has 2 aromatic rings. The average molecular weight is 267 g/mol. The van der Waals surface area contributed by atoms with Crippen molar-refractivity contribution in [2.75, 3.05) is 20.7 Å². The molecule has 0 radical (unpaired) electrons. The van der Waals surface area contributed by atoms with Gasteiger partial charge < -0.3 is 9.64 Å². The van der Waals surface area contributed by atoms with E-state index in [0.717, 1.165) is 18.8 Å². The molecule has 0 spiro atoms. The maximum Gasteiger partial charge on any atom is 0.119 e. The minimum absolute atomic E-state index is 0.488. The lowest BCUT2D eigenvalue weighted by molar-refractivity contribution is 0.327. The molecule has 1 heterocycles. The molecule has 2 aromatic carbocycles. The van der Waals surface area contributed by atoms with Crippen LogP contribution in [-0.4, -0.2) is 25.6 Å². The van der Waals surface area contributed by atoms with Crippen LogP contribution >= 0.6 is 0 Å². The van der Waals surface area contributed by atoms with Gasteiger partial charge in [-0.2, -0.15) is 0 Å². The second-order valence-electron chi connectivity index (χ2n) is 5.55. The lowest BCUT2D eigenvalue weighted by Gasteiger charge is -2.18. The molecular formula is C18H21NO. The van der Waals surface area contributed by atoms with Crippen LogP contribution in [0.2, 0.25) is 0 Å². The number of methoxy groups -OCH3 is 1. The van der Waals surface area contributed by atoms with Gasteiger partial charge in [-0.25, -0.2) is 0 Å². The molecule has 0 saturated heterocycles. The molecule has 1 atom stereocenters. The lowest BCUT2D eigenvalue weighted by atomic mass is 9.86. The van der Waals surface area contributed by atoms with Crippen LogP contribution < -0.4 is 4.74 Å². The number of benzene rings is 2. The molecule has 0 bridgehead atoms. The summed E-state index contributed by atoms with van der Waals surface area (Å²) in [6.45, 7) is 2.12. The van der Waals surface area contributed by atoms with Gasteiger partial charge in [0.2, 0.25) is 0 Å². The standard InChI is InChI=1S/C18H21NO/c1-19-11-10-18(14-6-4-3-5-7-14)17-9-8-16(20-2)12-15(17)13-19/h3-9,12,18H,10-11,13H2,1-2H3/t18-/m1/s1. The third-order valence-electron chi connectivity index (χ3n) is 4.17. The predicted molar refractivity (Wildman–Crippen MR) is 82.2 cm³/mol. The fraction of sp³-hybridized carbons (Fsp3) is 0.333. The quantitative estimate of drug-likeness (QED) is 0.823. The number of fused-ring (bicyclic) bond motifs is 1. The predicted octanol–water partition coefficient (Wildman–Crippen LogP) is 3.66. The molecule has 0 aromatic heterocycles. The second kappa shape index (κ2) is 5.68. The van der Waals surface area contributed by atoms with E-state index in [2.05, 4.69) is 60.5 Å². The van der Waals surface area contributed by atoms with Gasteiger partial charge in [-0.1, -0.05) is 36.4 Å². The number of hydrogen-bond acceptors (Lipinski definition) is 2. The highest BCUT2D eigenvalue weighted by Crippen LogP contribution is 2.35. The molecule has 3 rings (SSSR count). The molecular weight excluding hydrogens is 246 g/mol. The SMILES string of the molecule is COc1ccc2c(c1)CN(C)CC[C@@H]2c1ccccc1. The highest BCUT2D eigenvalue weighted by atomic mass is 16.5. The maximum absolute atomic E-state index is 5.38. The van der Waals surface area contributed by atoms with Crippen molar-refractivity contribution >= 4 is 0 Å². The van der Waals surface area contributed by atoms with E-state index in [0.29, 0.717) is 5.92 Å². The van der Waals surface area contributed by atoms with Crippen LogP contribution in [0.4, 0.5) is 0 Å². The van der Waals surface area contributed by atoms with E-state index in [1.54, 1.807) is 7.11 Å². The molecule has 2 heteroatoms. The zero-order valence-corrected chi connectivity index (χ0v) is 12.2. The minimum atomic E-state index is 0.488. The second-order valence-corrected chi connectivity index (χ2v) is 5.55. The van der Waals surface area contributed by atoms with E-state index in [1.165, 1.54) is 23.1 Å². The van der Waals surface area contributed by atoms with Crippen molar-refractivity contribution in [3.63, 3.8) is 0 Å². The van der Waals surface area contributed by atoms with Gasteiger partial charge >= 0.3 is 0 Å². The number of ether oxygens (including phenoxy) is 1. The lowest BCUT2D eigenvalue weighted by Crippen LogP contribution is -2.17. The number of hydrogen-bond donors (Lipinski definition) is 0. The van der Waals surface area contributed by atoms with E-state index in [9.17, 15) is 0 Å². The molecule has 104 valence electrons. The first-order chi connectivity index (χ1) is 9.78.